The molecule has 43 heavy (non-hydrogen) atoms. The average Bonchev–Trinajstić information content (AvgIpc) is 3.64. The number of rotatable bonds is 3. The molecule has 0 spiro atoms. The summed E-state index contributed by atoms with van der Waals surface area (Å²) >= 11 is 0. The van der Waals surface area contributed by atoms with Gasteiger partial charge in [-0.15, -0.1) is 0 Å². The summed E-state index contributed by atoms with van der Waals surface area (Å²) in [4.78, 5) is 0. The van der Waals surface area contributed by atoms with Crippen molar-refractivity contribution in [2.75, 3.05) is 0 Å². The first-order valence-electron chi connectivity index (χ1n) is 22.3. The minimum atomic E-state index is -0.640. The van der Waals surface area contributed by atoms with Gasteiger partial charge in [-0.1, -0.05) is 139 Å². The van der Waals surface area contributed by atoms with Crippen molar-refractivity contribution in [2.24, 2.45) is 0 Å². The molecule has 8 aromatic carbocycles. The number of furan rings is 1. The van der Waals surface area contributed by atoms with Crippen LogP contribution >= 0.6 is 0 Å². The van der Waals surface area contributed by atoms with Crippen LogP contribution in [0.5, 0.6) is 0 Å². The highest BCUT2D eigenvalue weighted by atomic mass is 16.3. The van der Waals surface area contributed by atoms with E-state index in [0.29, 0.717) is 21.9 Å². The molecule has 0 aliphatic heterocycles. The maximum atomic E-state index is 9.21. The molecule has 0 aliphatic carbocycles. The van der Waals surface area contributed by atoms with Crippen molar-refractivity contribution < 1.29 is 29.1 Å². The van der Waals surface area contributed by atoms with Gasteiger partial charge < -0.3 is 4.42 Å². The van der Waals surface area contributed by atoms with Gasteiger partial charge in [0.15, 0.2) is 0 Å². The van der Waals surface area contributed by atoms with Crippen LogP contribution < -0.4 is 0 Å². The fourth-order valence-electron chi connectivity index (χ4n) is 5.72. The van der Waals surface area contributed by atoms with Crippen LogP contribution in [-0.2, 0) is 0 Å². The highest BCUT2D eigenvalue weighted by Gasteiger charge is 2.18. The summed E-state index contributed by atoms with van der Waals surface area (Å²) in [6, 6.07) is 3.63. The summed E-state index contributed by atoms with van der Waals surface area (Å²) in [5, 5.41) is 0.374. The highest BCUT2D eigenvalue weighted by Crippen LogP contribution is 2.45. The van der Waals surface area contributed by atoms with E-state index >= 15 is 0 Å². The summed E-state index contributed by atoms with van der Waals surface area (Å²) in [5.74, 6) is 0. The lowest BCUT2D eigenvalue weighted by atomic mass is 9.84. The number of hydrogen-bond donors (Lipinski definition) is 0. The summed E-state index contributed by atoms with van der Waals surface area (Å²) in [5.41, 5.74) is 0.584. The molecule has 200 valence electrons. The number of para-hydroxylation sites is 1. The van der Waals surface area contributed by atoms with Crippen molar-refractivity contribution in [1.29, 1.82) is 0 Å². The monoisotopic (exact) mass is 564 g/mol. The SMILES string of the molecule is [2H]c1cc2c(-c3ccc(-c4c([2H])c([2H])c5oc6c([2H])c([2H])c([2H])c([2H])c6c5c4[2H])cc3)c3cc([2H])c([2H])cc3c(-c3c([2H])c([2H])c([2H])c4c([2H])c([2H])c([2H])c([2H])c34)c2cc1[2H]. The van der Waals surface area contributed by atoms with E-state index in [1.165, 1.54) is 24.3 Å². The molecular formula is C42H26O. The van der Waals surface area contributed by atoms with Crippen molar-refractivity contribution >= 4 is 54.3 Å². The van der Waals surface area contributed by atoms with Gasteiger partial charge in [0, 0.05) is 10.8 Å². The Hall–Kier alpha value is -5.66. The molecule has 0 saturated heterocycles. The molecule has 0 N–H and O–H groups in total. The van der Waals surface area contributed by atoms with Gasteiger partial charge in [-0.05, 0) is 83.8 Å². The fraction of sp³-hybridized carbons (Fsp3) is 0. The average molecular weight is 565 g/mol. The van der Waals surface area contributed by atoms with Gasteiger partial charge in [-0.2, -0.15) is 0 Å². The largest absolute Gasteiger partial charge is 0.456 e. The number of fused-ring (bicyclic) bond motifs is 6. The third kappa shape index (κ3) is 3.72. The third-order valence-corrected chi connectivity index (χ3v) is 7.60. The Balaban J connectivity index is 1.37. The van der Waals surface area contributed by atoms with Crippen LogP contribution in [0, 0.1) is 0 Å². The van der Waals surface area contributed by atoms with Crippen molar-refractivity contribution in [3.8, 4) is 33.4 Å². The predicted octanol–water partition coefficient (Wildman–Crippen LogP) is 12.0. The molecular weight excluding hydrogens is 520 g/mol. The molecule has 0 bridgehead atoms. The zero-order chi connectivity index (χ0) is 44.0. The second kappa shape index (κ2) is 9.44. The Bertz CT molecular complexity index is 3420. The van der Waals surface area contributed by atoms with E-state index in [1.807, 2.05) is 0 Å². The first-order chi connectivity index (χ1) is 28.8. The molecule has 1 heterocycles. The van der Waals surface area contributed by atoms with Gasteiger partial charge in [0.2, 0.25) is 0 Å². The van der Waals surface area contributed by atoms with E-state index in [2.05, 4.69) is 0 Å². The second-order valence-electron chi connectivity index (χ2n) is 9.90. The van der Waals surface area contributed by atoms with Crippen LogP contribution in [0.3, 0.4) is 0 Å². The maximum Gasteiger partial charge on any atom is 0.135 e. The smallest absolute Gasteiger partial charge is 0.135 e. The molecule has 0 amide bonds. The van der Waals surface area contributed by atoms with Gasteiger partial charge in [0.25, 0.3) is 0 Å². The number of hydrogen-bond acceptors (Lipinski definition) is 1. The highest BCUT2D eigenvalue weighted by molar-refractivity contribution is 6.23. The summed E-state index contributed by atoms with van der Waals surface area (Å²) in [7, 11) is 0. The molecule has 0 aliphatic rings. The van der Waals surface area contributed by atoms with Gasteiger partial charge in [0.1, 0.15) is 11.2 Å². The molecule has 9 rings (SSSR count). The fourth-order valence-corrected chi connectivity index (χ4v) is 5.72. The minimum absolute atomic E-state index is 0.0211. The minimum Gasteiger partial charge on any atom is -0.456 e. The van der Waals surface area contributed by atoms with Crippen LogP contribution in [0.25, 0.3) is 87.6 Å². The van der Waals surface area contributed by atoms with E-state index in [1.54, 1.807) is 24.3 Å². The molecule has 0 atom stereocenters. The normalized spacial score (nSPS) is 17.6. The van der Waals surface area contributed by atoms with E-state index in [9.17, 15) is 2.74 Å². The molecule has 1 heteroatoms. The third-order valence-electron chi connectivity index (χ3n) is 7.60. The Morgan fingerprint density at radius 2 is 0.953 bits per heavy atom. The molecule has 1 aromatic heterocycles. The van der Waals surface area contributed by atoms with E-state index in [-0.39, 0.29) is 95.9 Å². The molecule has 0 saturated carbocycles. The summed E-state index contributed by atoms with van der Waals surface area (Å²) < 4.78 is 162. The zero-order valence-electron chi connectivity index (χ0n) is 40.0. The lowest BCUT2D eigenvalue weighted by Gasteiger charge is -2.19. The Morgan fingerprint density at radius 1 is 0.372 bits per heavy atom. The van der Waals surface area contributed by atoms with Crippen LogP contribution in [0.4, 0.5) is 0 Å². The van der Waals surface area contributed by atoms with Crippen molar-refractivity contribution in [3.63, 3.8) is 0 Å². The first kappa shape index (κ1) is 12.3. The van der Waals surface area contributed by atoms with Crippen LogP contribution in [0.1, 0.15) is 24.7 Å². The Kier molecular flexibility index (Phi) is 2.70. The van der Waals surface area contributed by atoms with Crippen LogP contribution in [0.2, 0.25) is 0 Å². The van der Waals surface area contributed by atoms with Crippen molar-refractivity contribution in [2.45, 2.75) is 0 Å². The zero-order valence-corrected chi connectivity index (χ0v) is 22.0. The van der Waals surface area contributed by atoms with Crippen LogP contribution in [-0.4, -0.2) is 0 Å². The molecule has 1 nitrogen and oxygen atoms in total. The lowest BCUT2D eigenvalue weighted by Crippen LogP contribution is -1.91. The van der Waals surface area contributed by atoms with Gasteiger partial charge in [-0.3, -0.25) is 0 Å². The van der Waals surface area contributed by atoms with Crippen molar-refractivity contribution in [3.05, 3.63) is 157 Å². The quantitative estimate of drug-likeness (QED) is 0.195. The summed E-state index contributed by atoms with van der Waals surface area (Å²) in [6.45, 7) is 0. The van der Waals surface area contributed by atoms with Crippen molar-refractivity contribution in [1.82, 2.24) is 0 Å². The molecule has 0 radical (unpaired) electrons. The first-order valence-corrected chi connectivity index (χ1v) is 13.3. The Morgan fingerprint density at radius 3 is 1.70 bits per heavy atom. The van der Waals surface area contributed by atoms with E-state index in [0.717, 1.165) is 0 Å². The van der Waals surface area contributed by atoms with Crippen LogP contribution in [0.15, 0.2) is 162 Å². The number of benzene rings is 8. The predicted molar refractivity (Wildman–Crippen MR) is 183 cm³/mol. The van der Waals surface area contributed by atoms with Gasteiger partial charge in [0.05, 0.1) is 24.7 Å². The standard InChI is InChI=1S/C42H26O/c1-2-12-31-28(10-1)11-9-18-33(31)42-36-16-5-3-14-34(36)41(35-15-4-6-17-37(35)42)29-22-20-27(21-23-29)30-24-25-40-38(26-30)32-13-7-8-19-39(32)43-40/h1-26H/i1D,2D,3D,4D,5D,6D,7D,8D,9D,10D,11D,12D,13D,18D,19D,24D,25D,26D. The molecule has 0 fully saturated rings. The summed E-state index contributed by atoms with van der Waals surface area (Å²) in [6.07, 6.45) is 0. The van der Waals surface area contributed by atoms with Gasteiger partial charge in [-0.25, -0.2) is 0 Å². The van der Waals surface area contributed by atoms with E-state index < -0.39 is 78.6 Å². The second-order valence-corrected chi connectivity index (χ2v) is 9.90. The Labute approximate surface area is 274 Å². The topological polar surface area (TPSA) is 13.1 Å². The molecule has 0 unspecified atom stereocenters. The van der Waals surface area contributed by atoms with E-state index in [4.69, 9.17) is 26.3 Å². The maximum absolute atomic E-state index is 9.21. The molecule has 9 aromatic rings. The van der Waals surface area contributed by atoms with Gasteiger partial charge >= 0.3 is 0 Å². The lowest BCUT2D eigenvalue weighted by molar-refractivity contribution is 0.669.